The number of hydrogen-bond acceptors (Lipinski definition) is 3. The molecule has 1 heterocycles. The molecule has 1 aromatic rings. The molecule has 1 aliphatic heterocycles. The van der Waals surface area contributed by atoms with Crippen LogP contribution in [0.1, 0.15) is 23.2 Å². The first-order valence-electron chi connectivity index (χ1n) is 7.00. The molecule has 0 atom stereocenters. The Balaban J connectivity index is 1.93. The summed E-state index contributed by atoms with van der Waals surface area (Å²) in [6, 6.07) is 7.51. The van der Waals surface area contributed by atoms with Crippen LogP contribution in [-0.4, -0.2) is 45.9 Å². The van der Waals surface area contributed by atoms with Crippen LogP contribution >= 0.6 is 0 Å². The summed E-state index contributed by atoms with van der Waals surface area (Å²) in [5, 5.41) is 4.24. The molecule has 1 aromatic carbocycles. The molecule has 5 heteroatoms. The monoisotopic (exact) mass is 275 g/mol. The number of likely N-dealkylation sites (tertiary alicyclic amines) is 1. The normalized spacial score (nSPS) is 18.6. The van der Waals surface area contributed by atoms with E-state index in [-0.39, 0.29) is 5.91 Å². The summed E-state index contributed by atoms with van der Waals surface area (Å²) in [5.74, 6) is -0.144. The fourth-order valence-corrected chi connectivity index (χ4v) is 2.18. The summed E-state index contributed by atoms with van der Waals surface area (Å²) < 4.78 is 0. The average Bonchev–Trinajstić information content (AvgIpc) is 2.46. The molecule has 0 aliphatic carbocycles. The molecule has 0 spiro atoms. The van der Waals surface area contributed by atoms with E-state index in [2.05, 4.69) is 17.6 Å². The molecular weight excluding hydrogens is 252 g/mol. The Labute approximate surface area is 120 Å². The third-order valence-corrected chi connectivity index (χ3v) is 3.64. The lowest BCUT2D eigenvalue weighted by Crippen LogP contribution is -3.10. The first-order valence-corrected chi connectivity index (χ1v) is 7.00. The minimum absolute atomic E-state index is 0.144. The largest absolute Gasteiger partial charge is 0.378 e. The Hall–Kier alpha value is -1.88. The second-order valence-corrected chi connectivity index (χ2v) is 5.52. The predicted molar refractivity (Wildman–Crippen MR) is 81.5 cm³/mol. The maximum atomic E-state index is 12.0. The van der Waals surface area contributed by atoms with Crippen molar-refractivity contribution < 1.29 is 9.69 Å². The van der Waals surface area contributed by atoms with Crippen molar-refractivity contribution in [3.8, 4) is 0 Å². The highest BCUT2D eigenvalue weighted by molar-refractivity contribution is 5.95. The molecule has 5 nitrogen and oxygen atoms in total. The van der Waals surface area contributed by atoms with Gasteiger partial charge in [0.2, 0.25) is 0 Å². The maximum Gasteiger partial charge on any atom is 0.271 e. The Morgan fingerprint density at radius 1 is 1.20 bits per heavy atom. The highest BCUT2D eigenvalue weighted by Gasteiger charge is 2.14. The molecule has 1 fully saturated rings. The number of benzene rings is 1. The van der Waals surface area contributed by atoms with Crippen LogP contribution in [0.3, 0.4) is 0 Å². The Bertz CT molecular complexity index is 483. The van der Waals surface area contributed by atoms with Gasteiger partial charge in [-0.3, -0.25) is 4.79 Å². The van der Waals surface area contributed by atoms with Crippen molar-refractivity contribution in [3.63, 3.8) is 0 Å². The first kappa shape index (κ1) is 14.5. The number of nitrogens with zero attached hydrogens (tertiary/aromatic N) is 2. The van der Waals surface area contributed by atoms with Gasteiger partial charge < -0.3 is 9.80 Å². The number of carbonyl (C=O) groups is 1. The summed E-state index contributed by atoms with van der Waals surface area (Å²) in [7, 11) is 6.13. The van der Waals surface area contributed by atoms with Gasteiger partial charge in [-0.15, -0.1) is 0 Å². The summed E-state index contributed by atoms with van der Waals surface area (Å²) in [5.41, 5.74) is 5.46. The van der Waals surface area contributed by atoms with Gasteiger partial charge in [0.15, 0.2) is 0 Å². The first-order chi connectivity index (χ1) is 9.56. The minimum atomic E-state index is -0.144. The number of anilines is 1. The Kier molecular flexibility index (Phi) is 4.74. The third kappa shape index (κ3) is 3.81. The van der Waals surface area contributed by atoms with E-state index in [0.29, 0.717) is 5.56 Å². The van der Waals surface area contributed by atoms with E-state index in [0.717, 1.165) is 37.3 Å². The second kappa shape index (κ2) is 6.52. The highest BCUT2D eigenvalue weighted by atomic mass is 16.2. The summed E-state index contributed by atoms with van der Waals surface area (Å²) in [6.07, 6.45) is 1.93. The number of hydrogen-bond donors (Lipinski definition) is 2. The number of piperidine rings is 1. The van der Waals surface area contributed by atoms with E-state index in [1.54, 1.807) is 0 Å². The lowest BCUT2D eigenvalue weighted by molar-refractivity contribution is -0.880. The van der Waals surface area contributed by atoms with E-state index < -0.39 is 0 Å². The number of quaternary nitrogens is 1. The van der Waals surface area contributed by atoms with Gasteiger partial charge >= 0.3 is 0 Å². The number of amides is 1. The standard InChI is InChI=1S/C15H22N4O/c1-18(2)14-6-4-12(5-7-14)15(20)17-16-13-8-10-19(3)11-9-13/h4-7H,8-11H2,1-3H3,(H,17,20)/p+1. The fourth-order valence-electron chi connectivity index (χ4n) is 2.18. The van der Waals surface area contributed by atoms with Gasteiger partial charge in [0.25, 0.3) is 5.91 Å². The molecule has 20 heavy (non-hydrogen) atoms. The molecule has 1 saturated heterocycles. The van der Waals surface area contributed by atoms with Crippen LogP contribution in [-0.2, 0) is 0 Å². The zero-order chi connectivity index (χ0) is 14.5. The molecule has 1 amide bonds. The molecule has 108 valence electrons. The van der Waals surface area contributed by atoms with Crippen molar-refractivity contribution in [1.29, 1.82) is 0 Å². The maximum absolute atomic E-state index is 12.0. The van der Waals surface area contributed by atoms with Crippen LogP contribution in [0.4, 0.5) is 5.69 Å². The van der Waals surface area contributed by atoms with Crippen LogP contribution in [0.25, 0.3) is 0 Å². The molecule has 0 radical (unpaired) electrons. The summed E-state index contributed by atoms with van der Waals surface area (Å²) >= 11 is 0. The minimum Gasteiger partial charge on any atom is -0.378 e. The van der Waals surface area contributed by atoms with Crippen molar-refractivity contribution in [1.82, 2.24) is 5.43 Å². The molecular formula is C15H23N4O+. The Morgan fingerprint density at radius 2 is 1.80 bits per heavy atom. The average molecular weight is 275 g/mol. The number of nitrogens with one attached hydrogen (secondary N) is 2. The molecule has 1 aliphatic rings. The van der Waals surface area contributed by atoms with E-state index >= 15 is 0 Å². The SMILES string of the molecule is CN(C)c1ccc(C(=O)NN=C2CC[NH+](C)CC2)cc1. The smallest absolute Gasteiger partial charge is 0.271 e. The lowest BCUT2D eigenvalue weighted by Gasteiger charge is -2.20. The second-order valence-electron chi connectivity index (χ2n) is 5.52. The van der Waals surface area contributed by atoms with Crippen LogP contribution in [0.5, 0.6) is 0 Å². The molecule has 0 saturated carbocycles. The van der Waals surface area contributed by atoms with Gasteiger partial charge in [-0.25, -0.2) is 5.43 Å². The van der Waals surface area contributed by atoms with Gasteiger partial charge in [-0.05, 0) is 24.3 Å². The quantitative estimate of drug-likeness (QED) is 0.771. The summed E-state index contributed by atoms with van der Waals surface area (Å²) in [6.45, 7) is 2.18. The van der Waals surface area contributed by atoms with E-state index in [1.165, 1.54) is 4.90 Å². The molecule has 2 N–H and O–H groups in total. The van der Waals surface area contributed by atoms with Crippen molar-refractivity contribution >= 4 is 17.3 Å². The lowest BCUT2D eigenvalue weighted by atomic mass is 10.1. The molecule has 2 rings (SSSR count). The van der Waals surface area contributed by atoms with E-state index in [9.17, 15) is 4.79 Å². The van der Waals surface area contributed by atoms with E-state index in [1.807, 2.05) is 43.3 Å². The third-order valence-electron chi connectivity index (χ3n) is 3.64. The van der Waals surface area contributed by atoms with Crippen LogP contribution in [0.2, 0.25) is 0 Å². The number of rotatable bonds is 3. The molecule has 0 unspecified atom stereocenters. The van der Waals surface area contributed by atoms with Crippen LogP contribution < -0.4 is 15.2 Å². The van der Waals surface area contributed by atoms with Gasteiger partial charge in [0, 0.05) is 43.9 Å². The van der Waals surface area contributed by atoms with E-state index in [4.69, 9.17) is 0 Å². The van der Waals surface area contributed by atoms with Crippen molar-refractivity contribution in [2.75, 3.05) is 39.1 Å². The summed E-state index contributed by atoms with van der Waals surface area (Å²) in [4.78, 5) is 15.5. The molecule has 0 aromatic heterocycles. The van der Waals surface area contributed by atoms with Crippen LogP contribution in [0.15, 0.2) is 29.4 Å². The van der Waals surface area contributed by atoms with Gasteiger partial charge in [0.1, 0.15) is 0 Å². The van der Waals surface area contributed by atoms with Crippen LogP contribution in [0, 0.1) is 0 Å². The van der Waals surface area contributed by atoms with Gasteiger partial charge in [-0.2, -0.15) is 5.10 Å². The topological polar surface area (TPSA) is 49.1 Å². The number of carbonyl (C=O) groups excluding carboxylic acids is 1. The molecule has 0 bridgehead atoms. The predicted octanol–water partition coefficient (Wildman–Crippen LogP) is 0.147. The van der Waals surface area contributed by atoms with Crippen molar-refractivity contribution in [2.45, 2.75) is 12.8 Å². The zero-order valence-electron chi connectivity index (χ0n) is 12.4. The highest BCUT2D eigenvalue weighted by Crippen LogP contribution is 2.12. The van der Waals surface area contributed by atoms with Gasteiger partial charge in [-0.1, -0.05) is 0 Å². The number of hydrazone groups is 1. The van der Waals surface area contributed by atoms with Crippen molar-refractivity contribution in [3.05, 3.63) is 29.8 Å². The fraction of sp³-hybridized carbons (Fsp3) is 0.467. The van der Waals surface area contributed by atoms with Crippen molar-refractivity contribution in [2.24, 2.45) is 5.10 Å². The zero-order valence-corrected chi connectivity index (χ0v) is 12.4. The van der Waals surface area contributed by atoms with Gasteiger partial charge in [0.05, 0.1) is 20.1 Å². The Morgan fingerprint density at radius 3 is 2.35 bits per heavy atom.